The van der Waals surface area contributed by atoms with Crippen molar-refractivity contribution >= 4 is 18.8 Å². The van der Waals surface area contributed by atoms with Gasteiger partial charge in [0.15, 0.2) is 0 Å². The van der Waals surface area contributed by atoms with E-state index in [4.69, 9.17) is 14.7 Å². The summed E-state index contributed by atoms with van der Waals surface area (Å²) in [5.74, 6) is -0.745. The molecule has 2 N–H and O–H groups in total. The Hall–Kier alpha value is -1.39. The minimum Gasteiger partial charge on any atom is -0.481 e. The molecule has 2 amide bonds. The molecule has 5 heteroatoms. The van der Waals surface area contributed by atoms with Crippen molar-refractivity contribution in [2.45, 2.75) is 13.3 Å². The number of carboxylic acids is 1. The van der Waals surface area contributed by atoms with Crippen molar-refractivity contribution in [3.8, 4) is 0 Å². The lowest BCUT2D eigenvalue weighted by Gasteiger charge is -1.71. The summed E-state index contributed by atoms with van der Waals surface area (Å²) in [7, 11) is 0. The molecule has 0 saturated carbocycles. The monoisotopic (exact) mass is 147 g/mol. The molecule has 0 fully saturated rings. The van der Waals surface area contributed by atoms with Crippen molar-refractivity contribution in [1.29, 1.82) is 0 Å². The molecule has 0 aliphatic rings. The van der Waals surface area contributed by atoms with E-state index < -0.39 is 5.97 Å². The third-order valence-electron chi connectivity index (χ3n) is 0.439. The molecule has 0 aromatic rings. The van der Waals surface area contributed by atoms with Gasteiger partial charge in [0.1, 0.15) is 0 Å². The number of carbonyl (C=O) groups excluding carboxylic acids is 2. The third-order valence-corrected chi connectivity index (χ3v) is 0.439. The molecule has 0 radical (unpaired) electrons. The van der Waals surface area contributed by atoms with E-state index in [1.807, 2.05) is 0 Å². The van der Waals surface area contributed by atoms with E-state index in [9.17, 15) is 4.79 Å². The van der Waals surface area contributed by atoms with Gasteiger partial charge in [-0.1, -0.05) is 6.92 Å². The van der Waals surface area contributed by atoms with Crippen LogP contribution in [0.3, 0.4) is 0 Å². The molecule has 0 heterocycles. The lowest BCUT2D eigenvalue weighted by atomic mass is 10.5. The van der Waals surface area contributed by atoms with E-state index in [0.29, 0.717) is 12.8 Å². The lowest BCUT2D eigenvalue weighted by molar-refractivity contribution is -0.136. The van der Waals surface area contributed by atoms with Crippen molar-refractivity contribution in [2.75, 3.05) is 0 Å². The Balaban J connectivity index is 0. The van der Waals surface area contributed by atoms with Crippen LogP contribution in [0.1, 0.15) is 13.3 Å². The fourth-order valence-electron chi connectivity index (χ4n) is 0.0278. The minimum atomic E-state index is -0.745. The Morgan fingerprint density at radius 1 is 1.50 bits per heavy atom. The molecule has 10 heavy (non-hydrogen) atoms. The van der Waals surface area contributed by atoms with Gasteiger partial charge in [-0.2, -0.15) is 0 Å². The van der Waals surface area contributed by atoms with Gasteiger partial charge in [-0.05, 0) is 0 Å². The quantitative estimate of drug-likeness (QED) is 0.520. The summed E-state index contributed by atoms with van der Waals surface area (Å²) in [5, 5.41) is 9.47. The fourth-order valence-corrected chi connectivity index (χ4v) is 0.0278. The molecule has 5 nitrogen and oxygen atoms in total. The number of imide groups is 1. The van der Waals surface area contributed by atoms with Gasteiger partial charge in [-0.25, -0.2) is 0 Å². The predicted octanol–water partition coefficient (Wildman–Crippen LogP) is -0.630. The Morgan fingerprint density at radius 2 is 1.80 bits per heavy atom. The van der Waals surface area contributed by atoms with E-state index in [0.717, 1.165) is 0 Å². The third kappa shape index (κ3) is 30.5. The average Bonchev–Trinajstić information content (AvgIpc) is 1.91. The SMILES string of the molecule is CCC(=O)O.O=CNC=O. The second-order valence-corrected chi connectivity index (χ2v) is 1.15. The number of amides is 2. The minimum absolute atomic E-state index is 0.222. The molecule has 0 bridgehead atoms. The second kappa shape index (κ2) is 10.6. The van der Waals surface area contributed by atoms with Crippen LogP contribution in [-0.2, 0) is 14.4 Å². The van der Waals surface area contributed by atoms with Crippen LogP contribution in [0.15, 0.2) is 0 Å². The maximum atomic E-state index is 9.37. The zero-order chi connectivity index (χ0) is 8.41. The van der Waals surface area contributed by atoms with Crippen LogP contribution in [0.25, 0.3) is 0 Å². The van der Waals surface area contributed by atoms with Crippen molar-refractivity contribution in [3.63, 3.8) is 0 Å². The molecule has 0 aromatic carbocycles. The van der Waals surface area contributed by atoms with Crippen molar-refractivity contribution < 1.29 is 19.5 Å². The Morgan fingerprint density at radius 3 is 1.80 bits per heavy atom. The smallest absolute Gasteiger partial charge is 0.303 e. The molecule has 0 aliphatic heterocycles. The normalized spacial score (nSPS) is 6.50. The summed E-state index contributed by atoms with van der Waals surface area (Å²) in [6.07, 6.45) is 0.847. The summed E-state index contributed by atoms with van der Waals surface area (Å²) in [5.41, 5.74) is 0. The lowest BCUT2D eigenvalue weighted by Crippen LogP contribution is -2.04. The average molecular weight is 147 g/mol. The maximum Gasteiger partial charge on any atom is 0.303 e. The van der Waals surface area contributed by atoms with Crippen LogP contribution >= 0.6 is 0 Å². The number of hydrogen-bond donors (Lipinski definition) is 2. The van der Waals surface area contributed by atoms with Crippen LogP contribution in [0.5, 0.6) is 0 Å². The van der Waals surface area contributed by atoms with E-state index in [1.165, 1.54) is 0 Å². The molecule has 0 atom stereocenters. The highest BCUT2D eigenvalue weighted by molar-refractivity contribution is 5.67. The number of aliphatic carboxylic acids is 1. The van der Waals surface area contributed by atoms with Crippen molar-refractivity contribution in [2.24, 2.45) is 0 Å². The van der Waals surface area contributed by atoms with Gasteiger partial charge in [-0.3, -0.25) is 14.4 Å². The topological polar surface area (TPSA) is 83.5 Å². The first kappa shape index (κ1) is 11.4. The molecule has 0 unspecified atom stereocenters. The first-order valence-corrected chi connectivity index (χ1v) is 2.54. The van der Waals surface area contributed by atoms with Crippen LogP contribution in [-0.4, -0.2) is 23.9 Å². The van der Waals surface area contributed by atoms with E-state index in [-0.39, 0.29) is 6.42 Å². The van der Waals surface area contributed by atoms with Gasteiger partial charge in [0.05, 0.1) is 0 Å². The van der Waals surface area contributed by atoms with E-state index >= 15 is 0 Å². The summed E-state index contributed by atoms with van der Waals surface area (Å²) in [6.45, 7) is 1.60. The highest BCUT2D eigenvalue weighted by atomic mass is 16.4. The van der Waals surface area contributed by atoms with Gasteiger partial charge in [0.2, 0.25) is 12.8 Å². The largest absolute Gasteiger partial charge is 0.481 e. The van der Waals surface area contributed by atoms with Gasteiger partial charge >= 0.3 is 5.97 Å². The predicted molar refractivity (Wildman–Crippen MR) is 33.2 cm³/mol. The van der Waals surface area contributed by atoms with E-state index in [2.05, 4.69) is 0 Å². The molecule has 0 spiro atoms. The van der Waals surface area contributed by atoms with Crippen LogP contribution < -0.4 is 5.32 Å². The Labute approximate surface area is 58.0 Å². The number of carbonyl (C=O) groups is 3. The summed E-state index contributed by atoms with van der Waals surface area (Å²) in [6, 6.07) is 0. The number of carboxylic acid groups (broad SMARTS) is 1. The Kier molecular flexibility index (Phi) is 12.1. The molecular weight excluding hydrogens is 138 g/mol. The number of rotatable bonds is 3. The zero-order valence-electron chi connectivity index (χ0n) is 5.53. The Bertz CT molecular complexity index is 106. The molecule has 0 rings (SSSR count). The maximum absolute atomic E-state index is 9.37. The van der Waals surface area contributed by atoms with Crippen molar-refractivity contribution in [3.05, 3.63) is 0 Å². The molecular formula is C5H9NO4. The van der Waals surface area contributed by atoms with Crippen LogP contribution in [0.4, 0.5) is 0 Å². The summed E-state index contributed by atoms with van der Waals surface area (Å²) < 4.78 is 0. The van der Waals surface area contributed by atoms with Crippen molar-refractivity contribution in [1.82, 2.24) is 5.32 Å². The zero-order valence-corrected chi connectivity index (χ0v) is 5.53. The standard InChI is InChI=1S/C3H6O2.C2H3NO2/c1-2-3(4)5;4-1-3-2-5/h2H2,1H3,(H,4,5);1-2H,(H,3,4,5). The number of nitrogens with one attached hydrogen (secondary N) is 1. The summed E-state index contributed by atoms with van der Waals surface area (Å²) >= 11 is 0. The number of hydrogen-bond acceptors (Lipinski definition) is 3. The van der Waals surface area contributed by atoms with Crippen LogP contribution in [0, 0.1) is 0 Å². The van der Waals surface area contributed by atoms with Gasteiger partial charge in [0, 0.05) is 6.42 Å². The first-order chi connectivity index (χ1) is 4.68. The summed E-state index contributed by atoms with van der Waals surface area (Å²) in [4.78, 5) is 27.5. The van der Waals surface area contributed by atoms with Gasteiger partial charge in [0.25, 0.3) is 0 Å². The molecule has 0 saturated heterocycles. The van der Waals surface area contributed by atoms with E-state index in [1.54, 1.807) is 12.2 Å². The highest BCUT2D eigenvalue weighted by Crippen LogP contribution is 1.67. The highest BCUT2D eigenvalue weighted by Gasteiger charge is 1.80. The molecule has 0 aliphatic carbocycles. The van der Waals surface area contributed by atoms with Crippen LogP contribution in [0.2, 0.25) is 0 Å². The molecule has 0 aromatic heterocycles. The first-order valence-electron chi connectivity index (χ1n) is 2.54. The second-order valence-electron chi connectivity index (χ2n) is 1.15. The molecule has 58 valence electrons. The fraction of sp³-hybridized carbons (Fsp3) is 0.400. The van der Waals surface area contributed by atoms with Gasteiger partial charge < -0.3 is 10.4 Å². The van der Waals surface area contributed by atoms with Gasteiger partial charge in [-0.15, -0.1) is 0 Å².